The van der Waals surface area contributed by atoms with E-state index in [9.17, 15) is 30.6 Å². The van der Waals surface area contributed by atoms with Crippen LogP contribution in [0, 0.1) is 50.7 Å². The summed E-state index contributed by atoms with van der Waals surface area (Å²) >= 11 is 0. The highest BCUT2D eigenvalue weighted by molar-refractivity contribution is 5.34. The van der Waals surface area contributed by atoms with Crippen LogP contribution in [0.1, 0.15) is 99.8 Å². The van der Waals surface area contributed by atoms with E-state index in [0.717, 1.165) is 51.4 Å². The van der Waals surface area contributed by atoms with Gasteiger partial charge in [-0.25, -0.2) is 0 Å². The number of aliphatic hydroxyl groups excluding tert-OH is 5. The number of hydrogen-bond donors (Lipinski definition) is 6. The first-order valence-corrected chi connectivity index (χ1v) is 18.1. The highest BCUT2D eigenvalue weighted by Crippen LogP contribution is 2.90. The Balaban J connectivity index is 1.09. The summed E-state index contributed by atoms with van der Waals surface area (Å²) in [6.07, 6.45) is -0.227. The van der Waals surface area contributed by atoms with E-state index in [1.807, 2.05) is 0 Å². The van der Waals surface area contributed by atoms with Crippen LogP contribution in [0.15, 0.2) is 0 Å². The molecule has 0 amide bonds. The van der Waals surface area contributed by atoms with Gasteiger partial charge in [-0.2, -0.15) is 0 Å². The molecule has 2 bridgehead atoms. The van der Waals surface area contributed by atoms with Crippen molar-refractivity contribution in [2.45, 2.75) is 166 Å². The molecule has 10 nitrogen and oxygen atoms in total. The molecule has 0 aromatic heterocycles. The van der Waals surface area contributed by atoms with E-state index in [1.165, 1.54) is 0 Å². The quantitative estimate of drug-likeness (QED) is 0.250. The number of fused-ring (bicyclic) bond motifs is 4. The zero-order valence-electron chi connectivity index (χ0n) is 28.7. The summed E-state index contributed by atoms with van der Waals surface area (Å²) in [5.41, 5.74) is -1.62. The second-order valence-electron chi connectivity index (χ2n) is 18.7. The molecule has 10 heteroatoms. The first-order valence-electron chi connectivity index (χ1n) is 18.1. The molecule has 3 saturated heterocycles. The smallest absolute Gasteiger partial charge is 0.199 e. The zero-order chi connectivity index (χ0) is 33.2. The standard InChI is InChI=1S/C36H58O10/c1-17-14-18-27(31(4,5)42)46-36(45-18)26(17)32(6)12-13-35-16-34(35)11-10-22(44-28-25(40)24(39)23(38)19(15-37)43-28)30(2,3)20(34)8-9-21(35)33(32,7)29(36)41/h17-29,37-42H,8-16H2,1-7H3/t17-,18-,19-,20?,21+,22+,23+,24+,25-,26-,27+,28+,29-,32-,33-,34-,35+,36+/m1/s1. The third-order valence-corrected chi connectivity index (χ3v) is 16.3. The second kappa shape index (κ2) is 9.68. The van der Waals surface area contributed by atoms with Crippen molar-refractivity contribution in [1.29, 1.82) is 0 Å². The number of ether oxygens (including phenoxy) is 4. The largest absolute Gasteiger partial charge is 0.394 e. The van der Waals surface area contributed by atoms with Crippen molar-refractivity contribution in [2.24, 2.45) is 50.7 Å². The number of aliphatic hydroxyl groups is 6. The van der Waals surface area contributed by atoms with Gasteiger partial charge in [-0.05, 0) is 105 Å². The second-order valence-corrected chi connectivity index (χ2v) is 18.7. The Morgan fingerprint density at radius 3 is 2.20 bits per heavy atom. The molecule has 3 heterocycles. The van der Waals surface area contributed by atoms with Gasteiger partial charge in [0, 0.05) is 11.3 Å². The lowest BCUT2D eigenvalue weighted by atomic mass is 9.41. The molecule has 8 rings (SSSR count). The Morgan fingerprint density at radius 1 is 0.848 bits per heavy atom. The monoisotopic (exact) mass is 650 g/mol. The minimum absolute atomic E-state index is 0.0486. The maximum absolute atomic E-state index is 12.7. The molecule has 8 aliphatic rings. The van der Waals surface area contributed by atoms with Gasteiger partial charge in [0.25, 0.3) is 0 Å². The Morgan fingerprint density at radius 2 is 1.52 bits per heavy atom. The highest BCUT2D eigenvalue weighted by atomic mass is 16.8. The molecule has 1 unspecified atom stereocenters. The van der Waals surface area contributed by atoms with Crippen LogP contribution in [0.3, 0.4) is 0 Å². The van der Waals surface area contributed by atoms with E-state index >= 15 is 0 Å². The minimum atomic E-state index is -1.46. The molecule has 3 spiro atoms. The minimum Gasteiger partial charge on any atom is -0.394 e. The molecule has 3 aliphatic heterocycles. The third kappa shape index (κ3) is 3.63. The lowest BCUT2D eigenvalue weighted by molar-refractivity contribution is -0.326. The van der Waals surface area contributed by atoms with Crippen LogP contribution in [0.25, 0.3) is 0 Å². The highest BCUT2D eigenvalue weighted by Gasteiger charge is 2.88. The van der Waals surface area contributed by atoms with Crippen molar-refractivity contribution in [1.82, 2.24) is 0 Å². The maximum Gasteiger partial charge on any atom is 0.199 e. The van der Waals surface area contributed by atoms with E-state index in [4.69, 9.17) is 18.9 Å². The van der Waals surface area contributed by atoms with E-state index in [2.05, 4.69) is 34.6 Å². The van der Waals surface area contributed by atoms with Crippen LogP contribution in [0.4, 0.5) is 0 Å². The van der Waals surface area contributed by atoms with E-state index in [1.54, 1.807) is 13.8 Å². The maximum atomic E-state index is 12.7. The van der Waals surface area contributed by atoms with Gasteiger partial charge < -0.3 is 49.6 Å². The van der Waals surface area contributed by atoms with E-state index in [-0.39, 0.29) is 39.8 Å². The predicted octanol–water partition coefficient (Wildman–Crippen LogP) is 2.48. The van der Waals surface area contributed by atoms with Crippen molar-refractivity contribution in [2.75, 3.05) is 6.61 Å². The molecular weight excluding hydrogens is 592 g/mol. The lowest BCUT2D eigenvalue weighted by Crippen LogP contribution is -2.62. The predicted molar refractivity (Wildman–Crippen MR) is 165 cm³/mol. The molecule has 0 aromatic carbocycles. The van der Waals surface area contributed by atoms with Crippen molar-refractivity contribution in [3.63, 3.8) is 0 Å². The molecule has 0 radical (unpaired) electrons. The van der Waals surface area contributed by atoms with Crippen molar-refractivity contribution in [3.8, 4) is 0 Å². The van der Waals surface area contributed by atoms with Crippen molar-refractivity contribution < 1.29 is 49.6 Å². The Labute approximate surface area is 273 Å². The van der Waals surface area contributed by atoms with E-state index in [0.29, 0.717) is 17.8 Å². The Kier molecular flexibility index (Phi) is 6.90. The fraction of sp³-hybridized carbons (Fsp3) is 1.00. The molecule has 0 aromatic rings. The fourth-order valence-electron chi connectivity index (χ4n) is 14.2. The summed E-state index contributed by atoms with van der Waals surface area (Å²) in [7, 11) is 0. The summed E-state index contributed by atoms with van der Waals surface area (Å²) in [6, 6.07) is 0. The Bertz CT molecular complexity index is 1250. The summed E-state index contributed by atoms with van der Waals surface area (Å²) in [5, 5.41) is 64.9. The van der Waals surface area contributed by atoms with E-state index < -0.39 is 66.3 Å². The summed E-state index contributed by atoms with van der Waals surface area (Å²) in [4.78, 5) is 0. The SMILES string of the molecule is C[C@@H]1C[C@H]2O[C@@]3(O[C@@H]2C(C)(C)O)[C@H](O)[C@@]2(C)[C@@H]4CCC5C(C)(C)[C@@H](O[C@@H]6O[C@H](CO)[C@H](O)[C@H](O)[C@H]6O)CC[C@@]56C[C@@]46CC[C@]2(C)[C@@H]13. The molecule has 262 valence electrons. The number of hydrogen-bond acceptors (Lipinski definition) is 10. The molecule has 5 saturated carbocycles. The summed E-state index contributed by atoms with van der Waals surface area (Å²) < 4.78 is 25.9. The van der Waals surface area contributed by atoms with Gasteiger partial charge in [-0.1, -0.05) is 34.6 Å². The first-order chi connectivity index (χ1) is 21.4. The van der Waals surface area contributed by atoms with Crippen LogP contribution in [-0.4, -0.2) is 104 Å². The topological polar surface area (TPSA) is 158 Å². The molecular formula is C36H58O10. The zero-order valence-corrected chi connectivity index (χ0v) is 28.7. The third-order valence-electron chi connectivity index (χ3n) is 16.3. The van der Waals surface area contributed by atoms with Crippen LogP contribution >= 0.6 is 0 Å². The fourth-order valence-corrected chi connectivity index (χ4v) is 14.2. The molecule has 8 fully saturated rings. The van der Waals surface area contributed by atoms with Crippen molar-refractivity contribution >= 4 is 0 Å². The average molecular weight is 651 g/mol. The van der Waals surface area contributed by atoms with Gasteiger partial charge in [0.1, 0.15) is 36.6 Å². The van der Waals surface area contributed by atoms with Gasteiger partial charge in [0.2, 0.25) is 0 Å². The molecule has 6 N–H and O–H groups in total. The van der Waals surface area contributed by atoms with Crippen LogP contribution in [0.5, 0.6) is 0 Å². The van der Waals surface area contributed by atoms with Crippen LogP contribution in [-0.2, 0) is 18.9 Å². The van der Waals surface area contributed by atoms with Gasteiger partial charge in [-0.3, -0.25) is 0 Å². The first kappa shape index (κ1) is 32.8. The van der Waals surface area contributed by atoms with Gasteiger partial charge >= 0.3 is 0 Å². The summed E-state index contributed by atoms with van der Waals surface area (Å²) in [5.74, 6) is -0.0409. The van der Waals surface area contributed by atoms with Crippen LogP contribution in [0.2, 0.25) is 0 Å². The molecule has 18 atom stereocenters. The van der Waals surface area contributed by atoms with Gasteiger partial charge in [0.05, 0.1) is 24.4 Å². The van der Waals surface area contributed by atoms with Gasteiger partial charge in [-0.15, -0.1) is 0 Å². The molecule has 5 aliphatic carbocycles. The molecule has 46 heavy (non-hydrogen) atoms. The Hall–Kier alpha value is -0.400. The van der Waals surface area contributed by atoms with Crippen LogP contribution < -0.4 is 0 Å². The summed E-state index contributed by atoms with van der Waals surface area (Å²) in [6.45, 7) is 14.7. The lowest BCUT2D eigenvalue weighted by Gasteiger charge is -2.63. The average Bonchev–Trinajstić information content (AvgIpc) is 3.50. The van der Waals surface area contributed by atoms with Crippen molar-refractivity contribution in [3.05, 3.63) is 0 Å². The number of rotatable bonds is 4. The normalized spacial score (nSPS) is 61.6. The van der Waals surface area contributed by atoms with Gasteiger partial charge in [0.15, 0.2) is 12.1 Å².